The highest BCUT2D eigenvalue weighted by Crippen LogP contribution is 2.42. The topological polar surface area (TPSA) is 162 Å². The van der Waals surface area contributed by atoms with Gasteiger partial charge in [0.25, 0.3) is 11.8 Å². The minimum atomic E-state index is -0.855. The molecule has 2 aliphatic heterocycles. The highest BCUT2D eigenvalue weighted by molar-refractivity contribution is 8.04. The lowest BCUT2D eigenvalue weighted by atomic mass is 9.81. The summed E-state index contributed by atoms with van der Waals surface area (Å²) >= 11 is 12.5. The Morgan fingerprint density at radius 2 is 1.85 bits per heavy atom. The van der Waals surface area contributed by atoms with E-state index in [1.54, 1.807) is 19.2 Å². The largest absolute Gasteiger partial charge is 0.367 e. The van der Waals surface area contributed by atoms with Crippen molar-refractivity contribution in [2.24, 2.45) is 11.7 Å². The molecule has 1 saturated carbocycles. The predicted molar refractivity (Wildman–Crippen MR) is 167 cm³/mol. The normalized spacial score (nSPS) is 23.7. The number of carbonyl (C=O) groups is 4. The van der Waals surface area contributed by atoms with E-state index < -0.39 is 35.3 Å². The van der Waals surface area contributed by atoms with Crippen LogP contribution in [-0.2, 0) is 14.4 Å². The molecule has 1 fully saturated rings. The molecule has 17 heteroatoms. The molecule has 0 spiro atoms. The first-order valence-corrected chi connectivity index (χ1v) is 14.1. The molecular formula is C24H33Cl3N8O4S2. The lowest BCUT2D eigenvalue weighted by molar-refractivity contribution is -0.128. The second kappa shape index (κ2) is 15.2. The zero-order valence-electron chi connectivity index (χ0n) is 22.3. The number of rotatable bonds is 5. The molecule has 6 N–H and O–H groups in total. The molecule has 1 aliphatic carbocycles. The number of nitrogens with two attached hydrogens (primary N) is 1. The van der Waals surface area contributed by atoms with Gasteiger partial charge in [-0.1, -0.05) is 35.6 Å². The molecule has 226 valence electrons. The SMILES string of the molecule is CNC(=O)[C@H]1CC[C@H](NC(=S)C(=O)Nc2ccc(Cl)cn2)[C@H](NC(=O)C2SC3=C(CCN(C)C3)N2C(N)=O)C1.Cl.Cl. The van der Waals surface area contributed by atoms with E-state index in [1.807, 2.05) is 7.05 Å². The van der Waals surface area contributed by atoms with Crippen molar-refractivity contribution in [3.8, 4) is 0 Å². The average Bonchev–Trinajstić information content (AvgIpc) is 3.29. The van der Waals surface area contributed by atoms with Crippen LogP contribution in [0.1, 0.15) is 25.7 Å². The van der Waals surface area contributed by atoms with Gasteiger partial charge >= 0.3 is 6.03 Å². The lowest BCUT2D eigenvalue weighted by Crippen LogP contribution is -2.59. The Labute approximate surface area is 265 Å². The minimum absolute atomic E-state index is 0. The number of primary amides is 1. The molecule has 3 aliphatic rings. The molecule has 12 nitrogen and oxygen atoms in total. The fourth-order valence-corrected chi connectivity index (χ4v) is 6.74. The number of aromatic nitrogens is 1. The number of likely N-dealkylation sites (N-methyl/N-ethyl adjacent to an activating group) is 1. The van der Waals surface area contributed by atoms with Crippen LogP contribution in [-0.4, -0.2) is 88.2 Å². The number of pyridine rings is 1. The molecule has 3 heterocycles. The summed E-state index contributed by atoms with van der Waals surface area (Å²) in [6.45, 7) is 1.39. The second-order valence-corrected chi connectivity index (χ2v) is 11.7. The van der Waals surface area contributed by atoms with Gasteiger partial charge in [0.2, 0.25) is 5.91 Å². The van der Waals surface area contributed by atoms with E-state index in [0.717, 1.165) is 17.1 Å². The first-order valence-electron chi connectivity index (χ1n) is 12.5. The highest BCUT2D eigenvalue weighted by Gasteiger charge is 2.44. The number of hydrogen-bond acceptors (Lipinski definition) is 8. The van der Waals surface area contributed by atoms with E-state index in [-0.39, 0.29) is 47.4 Å². The van der Waals surface area contributed by atoms with Crippen LogP contribution in [0.3, 0.4) is 0 Å². The van der Waals surface area contributed by atoms with Crippen molar-refractivity contribution in [2.45, 2.75) is 43.1 Å². The predicted octanol–water partition coefficient (Wildman–Crippen LogP) is 1.83. The Bertz CT molecular complexity index is 1210. The van der Waals surface area contributed by atoms with Gasteiger partial charge in [-0.05, 0) is 38.4 Å². The average molecular weight is 668 g/mol. The van der Waals surface area contributed by atoms with Crippen molar-refractivity contribution in [3.63, 3.8) is 0 Å². The van der Waals surface area contributed by atoms with Gasteiger partial charge < -0.3 is 31.9 Å². The molecule has 4 rings (SSSR count). The zero-order chi connectivity index (χ0) is 28.3. The second-order valence-electron chi connectivity index (χ2n) is 9.67. The smallest absolute Gasteiger partial charge is 0.320 e. The van der Waals surface area contributed by atoms with Crippen LogP contribution in [0.25, 0.3) is 0 Å². The van der Waals surface area contributed by atoms with Crippen LogP contribution in [0, 0.1) is 5.92 Å². The molecule has 1 unspecified atom stereocenters. The van der Waals surface area contributed by atoms with Gasteiger partial charge in [0, 0.05) is 61.4 Å². The third-order valence-electron chi connectivity index (χ3n) is 6.99. The van der Waals surface area contributed by atoms with E-state index in [4.69, 9.17) is 29.6 Å². The van der Waals surface area contributed by atoms with Crippen molar-refractivity contribution < 1.29 is 19.2 Å². The van der Waals surface area contributed by atoms with Gasteiger partial charge in [0.15, 0.2) is 10.4 Å². The van der Waals surface area contributed by atoms with E-state index in [9.17, 15) is 19.2 Å². The maximum absolute atomic E-state index is 13.6. The highest BCUT2D eigenvalue weighted by atomic mass is 35.5. The summed E-state index contributed by atoms with van der Waals surface area (Å²) in [7, 11) is 3.54. The fraction of sp³-hybridized carbons (Fsp3) is 0.500. The summed E-state index contributed by atoms with van der Waals surface area (Å²) in [5.74, 6) is -1.14. The van der Waals surface area contributed by atoms with E-state index in [1.165, 1.54) is 22.9 Å². The van der Waals surface area contributed by atoms with E-state index >= 15 is 0 Å². The Balaban J connectivity index is 0.00000294. The van der Waals surface area contributed by atoms with E-state index in [0.29, 0.717) is 37.3 Å². The third-order valence-corrected chi connectivity index (χ3v) is 8.82. The maximum atomic E-state index is 13.6. The monoisotopic (exact) mass is 666 g/mol. The Hall–Kier alpha value is -2.36. The number of urea groups is 1. The van der Waals surface area contributed by atoms with Crippen LogP contribution in [0.4, 0.5) is 10.6 Å². The molecule has 1 aromatic heterocycles. The summed E-state index contributed by atoms with van der Waals surface area (Å²) in [5.41, 5.74) is 6.46. The van der Waals surface area contributed by atoms with Gasteiger partial charge in [-0.3, -0.25) is 19.3 Å². The van der Waals surface area contributed by atoms with Crippen LogP contribution >= 0.6 is 60.4 Å². The number of thiocarbonyl (C=S) groups is 1. The Kier molecular flexibility index (Phi) is 12.9. The molecular weight excluding hydrogens is 635 g/mol. The van der Waals surface area contributed by atoms with Gasteiger partial charge in [-0.25, -0.2) is 9.78 Å². The molecule has 5 amide bonds. The quantitative estimate of drug-likeness (QED) is 0.295. The van der Waals surface area contributed by atoms with Crippen molar-refractivity contribution in [3.05, 3.63) is 34.0 Å². The van der Waals surface area contributed by atoms with Crippen molar-refractivity contribution in [1.82, 2.24) is 30.7 Å². The number of halogens is 3. The minimum Gasteiger partial charge on any atom is -0.367 e. The van der Waals surface area contributed by atoms with Crippen LogP contribution in [0.15, 0.2) is 28.9 Å². The van der Waals surface area contributed by atoms with Crippen molar-refractivity contribution in [2.75, 3.05) is 32.5 Å². The molecule has 1 aromatic rings. The van der Waals surface area contributed by atoms with Crippen molar-refractivity contribution >= 4 is 95.0 Å². The summed E-state index contributed by atoms with van der Waals surface area (Å²) in [5, 5.41) is 10.9. The number of anilines is 1. The number of nitrogens with zero attached hydrogens (tertiary/aromatic N) is 3. The Morgan fingerprint density at radius 3 is 2.49 bits per heavy atom. The molecule has 0 aromatic carbocycles. The number of hydrogen-bond donors (Lipinski definition) is 5. The van der Waals surface area contributed by atoms with Gasteiger partial charge in [0.05, 0.1) is 5.02 Å². The number of nitrogens with one attached hydrogen (secondary N) is 4. The maximum Gasteiger partial charge on any atom is 0.320 e. The summed E-state index contributed by atoms with van der Waals surface area (Å²) in [4.78, 5) is 59.4. The fourth-order valence-electron chi connectivity index (χ4n) is 5.02. The molecule has 0 radical (unpaired) electrons. The molecule has 0 bridgehead atoms. The number of carbonyl (C=O) groups excluding carboxylic acids is 4. The van der Waals surface area contributed by atoms with Crippen molar-refractivity contribution in [1.29, 1.82) is 0 Å². The number of thioether (sulfide) groups is 1. The first-order chi connectivity index (χ1) is 18.6. The summed E-state index contributed by atoms with van der Waals surface area (Å²) in [6, 6.07) is 1.49. The van der Waals surface area contributed by atoms with Crippen LogP contribution in [0.5, 0.6) is 0 Å². The zero-order valence-corrected chi connectivity index (χ0v) is 26.4. The Morgan fingerprint density at radius 1 is 1.12 bits per heavy atom. The first kappa shape index (κ1) is 34.8. The molecule has 41 heavy (non-hydrogen) atoms. The van der Waals surface area contributed by atoms with Gasteiger partial charge in [0.1, 0.15) is 5.82 Å². The third kappa shape index (κ3) is 8.36. The number of amides is 5. The summed E-state index contributed by atoms with van der Waals surface area (Å²) < 4.78 is 0. The summed E-state index contributed by atoms with van der Waals surface area (Å²) in [6.07, 6.45) is 3.37. The van der Waals surface area contributed by atoms with Crippen LogP contribution < -0.4 is 27.0 Å². The molecule has 0 saturated heterocycles. The van der Waals surface area contributed by atoms with Gasteiger partial charge in [-0.2, -0.15) is 0 Å². The molecule has 4 atom stereocenters. The van der Waals surface area contributed by atoms with Crippen LogP contribution in [0.2, 0.25) is 5.02 Å². The van der Waals surface area contributed by atoms with Gasteiger partial charge in [-0.15, -0.1) is 24.8 Å². The standard InChI is InChI=1S/C24H31ClN8O4S2.2ClH/c1-27-19(34)12-3-5-14(30-22(38)20(35)31-18-6-4-13(25)10-28-18)15(9-12)29-21(36)23-33(24(26)37)16-7-8-32(2)11-17(16)39-23;;/h4,6,10,12,14-15,23H,3,5,7-9,11H2,1-2H3,(H2,26,37)(H,27,34)(H,29,36)(H,30,38)(H,28,31,35);2*1H/t12-,14-,15+,23?;;/m0../s1. The lowest BCUT2D eigenvalue weighted by Gasteiger charge is -2.37. The van der Waals surface area contributed by atoms with E-state index in [2.05, 4.69) is 31.2 Å².